The van der Waals surface area contributed by atoms with Crippen molar-refractivity contribution in [3.05, 3.63) is 51.2 Å². The van der Waals surface area contributed by atoms with Gasteiger partial charge in [-0.3, -0.25) is 9.59 Å². The Hall–Kier alpha value is -2.67. The van der Waals surface area contributed by atoms with Crippen LogP contribution in [0.1, 0.15) is 37.4 Å². The average molecular weight is 360 g/mol. The van der Waals surface area contributed by atoms with Gasteiger partial charge in [0.15, 0.2) is 6.61 Å². The monoisotopic (exact) mass is 360 g/mol. The molecule has 1 aromatic heterocycles. The molecule has 0 radical (unpaired) electrons. The Morgan fingerprint density at radius 3 is 2.60 bits per heavy atom. The predicted octanol–water partition coefficient (Wildman–Crippen LogP) is 2.77. The summed E-state index contributed by atoms with van der Waals surface area (Å²) in [6, 6.07) is 8.28. The standard InChI is InChI=1S/C18H20N2O4S/c1-4-14-11(2)8-15(25-14)18(23)24-10-16(21)20-13-7-5-6-12(9-13)17(22)19-3/h5-9H,4,10H2,1-3H3,(H,19,22)(H,20,21). The fourth-order valence-corrected chi connectivity index (χ4v) is 3.26. The van der Waals surface area contributed by atoms with Crippen molar-refractivity contribution in [2.24, 2.45) is 0 Å². The number of esters is 1. The molecule has 0 atom stereocenters. The first-order chi connectivity index (χ1) is 11.9. The van der Waals surface area contributed by atoms with Gasteiger partial charge in [0.2, 0.25) is 0 Å². The maximum Gasteiger partial charge on any atom is 0.348 e. The molecule has 0 aliphatic carbocycles. The van der Waals surface area contributed by atoms with Crippen LogP contribution in [-0.2, 0) is 16.0 Å². The van der Waals surface area contributed by atoms with Gasteiger partial charge in [0.05, 0.1) is 0 Å². The number of ether oxygens (including phenoxy) is 1. The van der Waals surface area contributed by atoms with Gasteiger partial charge in [-0.05, 0) is 43.2 Å². The number of carbonyl (C=O) groups is 3. The molecule has 1 heterocycles. The summed E-state index contributed by atoms with van der Waals surface area (Å²) in [6.45, 7) is 3.58. The number of thiophene rings is 1. The lowest BCUT2D eigenvalue weighted by Crippen LogP contribution is -2.21. The Morgan fingerprint density at radius 2 is 1.96 bits per heavy atom. The summed E-state index contributed by atoms with van der Waals surface area (Å²) in [5.74, 6) is -1.23. The minimum Gasteiger partial charge on any atom is -0.451 e. The topological polar surface area (TPSA) is 84.5 Å². The van der Waals surface area contributed by atoms with E-state index in [1.807, 2.05) is 13.8 Å². The molecule has 1 aromatic carbocycles. The zero-order valence-electron chi connectivity index (χ0n) is 14.3. The summed E-state index contributed by atoms with van der Waals surface area (Å²) in [6.07, 6.45) is 0.853. The second-order valence-electron chi connectivity index (χ2n) is 5.35. The quantitative estimate of drug-likeness (QED) is 0.776. The highest BCUT2D eigenvalue weighted by Crippen LogP contribution is 2.23. The van der Waals surface area contributed by atoms with Crippen LogP contribution < -0.4 is 10.6 Å². The van der Waals surface area contributed by atoms with Gasteiger partial charge in [0.25, 0.3) is 11.8 Å². The summed E-state index contributed by atoms with van der Waals surface area (Å²) >= 11 is 1.38. The number of hydrogen-bond acceptors (Lipinski definition) is 5. The first kappa shape index (κ1) is 18.7. The molecule has 0 aliphatic rings. The number of hydrogen-bond donors (Lipinski definition) is 2. The van der Waals surface area contributed by atoms with Crippen molar-refractivity contribution < 1.29 is 19.1 Å². The lowest BCUT2D eigenvalue weighted by atomic mass is 10.2. The number of rotatable bonds is 6. The Labute approximate surface area is 150 Å². The van der Waals surface area contributed by atoms with Gasteiger partial charge in [0, 0.05) is 23.2 Å². The Bertz CT molecular complexity index is 798. The van der Waals surface area contributed by atoms with E-state index in [1.54, 1.807) is 30.3 Å². The second kappa shape index (κ2) is 8.43. The van der Waals surface area contributed by atoms with Gasteiger partial charge in [-0.15, -0.1) is 11.3 Å². The minimum atomic E-state index is -0.512. The van der Waals surface area contributed by atoms with E-state index in [9.17, 15) is 14.4 Å². The van der Waals surface area contributed by atoms with Crippen LogP contribution in [0.3, 0.4) is 0 Å². The fraction of sp³-hybridized carbons (Fsp3) is 0.278. The number of nitrogens with one attached hydrogen (secondary N) is 2. The molecule has 7 heteroatoms. The molecule has 132 valence electrons. The van der Waals surface area contributed by atoms with Crippen LogP contribution in [-0.4, -0.2) is 31.4 Å². The summed E-state index contributed by atoms with van der Waals surface area (Å²) in [4.78, 5) is 37.2. The van der Waals surface area contributed by atoms with Gasteiger partial charge in [-0.2, -0.15) is 0 Å². The molecular formula is C18H20N2O4S. The van der Waals surface area contributed by atoms with E-state index >= 15 is 0 Å². The van der Waals surface area contributed by atoms with Gasteiger partial charge in [-0.1, -0.05) is 13.0 Å². The van der Waals surface area contributed by atoms with E-state index in [4.69, 9.17) is 4.74 Å². The summed E-state index contributed by atoms with van der Waals surface area (Å²) < 4.78 is 5.05. The SMILES string of the molecule is CCc1sc(C(=O)OCC(=O)Nc2cccc(C(=O)NC)c2)cc1C. The summed E-state index contributed by atoms with van der Waals surface area (Å²) in [5.41, 5.74) is 1.94. The third-order valence-corrected chi connectivity index (χ3v) is 4.87. The lowest BCUT2D eigenvalue weighted by molar-refractivity contribution is -0.119. The first-order valence-electron chi connectivity index (χ1n) is 7.83. The van der Waals surface area contributed by atoms with Gasteiger partial charge in [-0.25, -0.2) is 4.79 Å². The zero-order chi connectivity index (χ0) is 18.4. The van der Waals surface area contributed by atoms with Gasteiger partial charge >= 0.3 is 5.97 Å². The van der Waals surface area contributed by atoms with Crippen LogP contribution in [0.5, 0.6) is 0 Å². The Morgan fingerprint density at radius 1 is 1.20 bits per heavy atom. The minimum absolute atomic E-state index is 0.248. The highest BCUT2D eigenvalue weighted by Gasteiger charge is 2.15. The maximum absolute atomic E-state index is 12.0. The number of amides is 2. The predicted molar refractivity (Wildman–Crippen MR) is 97.2 cm³/mol. The van der Waals surface area contributed by atoms with E-state index in [1.165, 1.54) is 18.4 Å². The van der Waals surface area contributed by atoms with Crippen molar-refractivity contribution in [1.29, 1.82) is 0 Å². The highest BCUT2D eigenvalue weighted by molar-refractivity contribution is 7.14. The Kier molecular flexibility index (Phi) is 6.30. The third kappa shape index (κ3) is 4.90. The smallest absolute Gasteiger partial charge is 0.348 e. The van der Waals surface area contributed by atoms with Crippen LogP contribution in [0.15, 0.2) is 30.3 Å². The van der Waals surface area contributed by atoms with Gasteiger partial charge in [0.1, 0.15) is 4.88 Å². The number of aryl methyl sites for hydroxylation is 2. The van der Waals surface area contributed by atoms with Crippen LogP contribution >= 0.6 is 11.3 Å². The molecule has 2 rings (SSSR count). The molecule has 2 amide bonds. The first-order valence-corrected chi connectivity index (χ1v) is 8.64. The van der Waals surface area contributed by atoms with Crippen LogP contribution in [0.4, 0.5) is 5.69 Å². The van der Waals surface area contributed by atoms with Crippen LogP contribution in [0, 0.1) is 6.92 Å². The van der Waals surface area contributed by atoms with Crippen LogP contribution in [0.25, 0.3) is 0 Å². The zero-order valence-corrected chi connectivity index (χ0v) is 15.2. The van der Waals surface area contributed by atoms with Crippen molar-refractivity contribution in [3.63, 3.8) is 0 Å². The molecule has 2 N–H and O–H groups in total. The fourth-order valence-electron chi connectivity index (χ4n) is 2.25. The van der Waals surface area contributed by atoms with Crippen molar-refractivity contribution in [3.8, 4) is 0 Å². The molecule has 0 fully saturated rings. The largest absolute Gasteiger partial charge is 0.451 e. The number of anilines is 1. The van der Waals surface area contributed by atoms with Crippen molar-refractivity contribution in [2.75, 3.05) is 19.0 Å². The van der Waals surface area contributed by atoms with E-state index in [0.29, 0.717) is 16.1 Å². The molecule has 0 unspecified atom stereocenters. The molecule has 6 nitrogen and oxygen atoms in total. The van der Waals surface area contributed by atoms with E-state index in [0.717, 1.165) is 16.9 Å². The van der Waals surface area contributed by atoms with Crippen molar-refractivity contribution in [1.82, 2.24) is 5.32 Å². The molecule has 0 spiro atoms. The van der Waals surface area contributed by atoms with E-state index < -0.39 is 11.9 Å². The molecule has 0 aliphatic heterocycles. The molecular weight excluding hydrogens is 340 g/mol. The molecule has 0 bridgehead atoms. The second-order valence-corrected chi connectivity index (χ2v) is 6.49. The average Bonchev–Trinajstić information content (AvgIpc) is 3.00. The summed E-state index contributed by atoms with van der Waals surface area (Å²) in [7, 11) is 1.53. The molecule has 25 heavy (non-hydrogen) atoms. The number of benzene rings is 1. The molecule has 2 aromatic rings. The van der Waals surface area contributed by atoms with Crippen molar-refractivity contribution >= 4 is 34.8 Å². The molecule has 0 saturated heterocycles. The van der Waals surface area contributed by atoms with Crippen molar-refractivity contribution in [2.45, 2.75) is 20.3 Å². The normalized spacial score (nSPS) is 10.2. The maximum atomic E-state index is 12.0. The van der Waals surface area contributed by atoms with E-state index in [-0.39, 0.29) is 12.5 Å². The highest BCUT2D eigenvalue weighted by atomic mass is 32.1. The lowest BCUT2D eigenvalue weighted by Gasteiger charge is -2.07. The Balaban J connectivity index is 1.92. The van der Waals surface area contributed by atoms with E-state index in [2.05, 4.69) is 10.6 Å². The van der Waals surface area contributed by atoms with Crippen LogP contribution in [0.2, 0.25) is 0 Å². The third-order valence-electron chi connectivity index (χ3n) is 3.51. The summed E-state index contributed by atoms with van der Waals surface area (Å²) in [5, 5.41) is 5.11. The van der Waals surface area contributed by atoms with Gasteiger partial charge < -0.3 is 15.4 Å². The number of carbonyl (C=O) groups excluding carboxylic acids is 3. The molecule has 0 saturated carbocycles.